The van der Waals surface area contributed by atoms with Crippen LogP contribution in [0.15, 0.2) is 12.2 Å². The molecule has 2 N–H and O–H groups in total. The molecular formula is C8H13F3N2. The fourth-order valence-electron chi connectivity index (χ4n) is 0.804. The van der Waals surface area contributed by atoms with Gasteiger partial charge in [-0.3, -0.25) is 5.41 Å². The lowest BCUT2D eigenvalue weighted by atomic mass is 10.1. The molecule has 0 aliphatic rings. The minimum atomic E-state index is -4.56. The van der Waals surface area contributed by atoms with E-state index in [0.29, 0.717) is 13.0 Å². The standard InChI is InChI=1S/C8H13F3N2/c1-6(4-3-5-13-2)7(12)8(9,10)11/h12-13H,1,3-5H2,2H3. The summed E-state index contributed by atoms with van der Waals surface area (Å²) in [6.45, 7) is 3.85. The van der Waals surface area contributed by atoms with Gasteiger partial charge in [-0.15, -0.1) is 0 Å². The van der Waals surface area contributed by atoms with E-state index in [9.17, 15) is 13.2 Å². The van der Waals surface area contributed by atoms with Gasteiger partial charge < -0.3 is 5.32 Å². The summed E-state index contributed by atoms with van der Waals surface area (Å²) in [5, 5.41) is 9.54. The van der Waals surface area contributed by atoms with Crippen LogP contribution >= 0.6 is 0 Å². The summed E-state index contributed by atoms with van der Waals surface area (Å²) < 4.78 is 35.7. The normalized spacial score (nSPS) is 11.4. The Balaban J connectivity index is 3.92. The van der Waals surface area contributed by atoms with Crippen molar-refractivity contribution in [3.63, 3.8) is 0 Å². The first-order chi connectivity index (χ1) is 5.89. The third-order valence-electron chi connectivity index (χ3n) is 1.54. The Morgan fingerprint density at radius 2 is 2.00 bits per heavy atom. The van der Waals surface area contributed by atoms with Crippen molar-refractivity contribution in [3.8, 4) is 0 Å². The molecule has 0 bridgehead atoms. The highest BCUT2D eigenvalue weighted by Crippen LogP contribution is 2.22. The molecule has 0 spiro atoms. The summed E-state index contributed by atoms with van der Waals surface area (Å²) in [5.41, 5.74) is -1.47. The molecule has 0 aliphatic heterocycles. The molecule has 0 unspecified atom stereocenters. The molecule has 13 heavy (non-hydrogen) atoms. The molecule has 0 radical (unpaired) electrons. The Morgan fingerprint density at radius 1 is 1.46 bits per heavy atom. The second-order valence-electron chi connectivity index (χ2n) is 2.68. The van der Waals surface area contributed by atoms with Gasteiger partial charge in [0.2, 0.25) is 0 Å². The number of hydrogen-bond donors (Lipinski definition) is 2. The van der Waals surface area contributed by atoms with Gasteiger partial charge in [-0.2, -0.15) is 13.2 Å². The van der Waals surface area contributed by atoms with E-state index in [1.54, 1.807) is 7.05 Å². The van der Waals surface area contributed by atoms with Crippen LogP contribution in [0, 0.1) is 5.41 Å². The van der Waals surface area contributed by atoms with E-state index in [4.69, 9.17) is 5.41 Å². The largest absolute Gasteiger partial charge is 0.432 e. The second-order valence-corrected chi connectivity index (χ2v) is 2.68. The van der Waals surface area contributed by atoms with Crippen molar-refractivity contribution in [3.05, 3.63) is 12.2 Å². The maximum absolute atomic E-state index is 11.9. The first-order valence-electron chi connectivity index (χ1n) is 3.88. The van der Waals surface area contributed by atoms with Crippen LogP contribution in [0.4, 0.5) is 13.2 Å². The summed E-state index contributed by atoms with van der Waals surface area (Å²) in [4.78, 5) is 0. The lowest BCUT2D eigenvalue weighted by Crippen LogP contribution is -2.23. The van der Waals surface area contributed by atoms with Crippen molar-refractivity contribution >= 4 is 5.71 Å². The van der Waals surface area contributed by atoms with Crippen LogP contribution in [-0.2, 0) is 0 Å². The van der Waals surface area contributed by atoms with Gasteiger partial charge in [-0.25, -0.2) is 0 Å². The number of rotatable bonds is 5. The Labute approximate surface area is 75.3 Å². The molecule has 76 valence electrons. The minimum Gasteiger partial charge on any atom is -0.320 e. The summed E-state index contributed by atoms with van der Waals surface area (Å²) in [6.07, 6.45) is -3.79. The minimum absolute atomic E-state index is 0.150. The van der Waals surface area contributed by atoms with Gasteiger partial charge >= 0.3 is 6.18 Å². The molecule has 0 fully saturated rings. The summed E-state index contributed by atoms with van der Waals surface area (Å²) in [5.74, 6) is 0. The summed E-state index contributed by atoms with van der Waals surface area (Å²) in [6, 6.07) is 0. The third-order valence-corrected chi connectivity index (χ3v) is 1.54. The smallest absolute Gasteiger partial charge is 0.320 e. The molecule has 0 saturated heterocycles. The van der Waals surface area contributed by atoms with Crippen LogP contribution in [-0.4, -0.2) is 25.5 Å². The number of hydrogen-bond acceptors (Lipinski definition) is 2. The van der Waals surface area contributed by atoms with Gasteiger partial charge in [0.25, 0.3) is 0 Å². The van der Waals surface area contributed by atoms with Crippen molar-refractivity contribution in [1.82, 2.24) is 5.32 Å². The first kappa shape index (κ1) is 12.2. The Kier molecular flexibility index (Phi) is 4.69. The highest BCUT2D eigenvalue weighted by atomic mass is 19.4. The molecule has 5 heteroatoms. The van der Waals surface area contributed by atoms with Crippen molar-refractivity contribution in [2.75, 3.05) is 13.6 Å². The van der Waals surface area contributed by atoms with Crippen LogP contribution in [0.5, 0.6) is 0 Å². The Bertz CT molecular complexity index is 196. The van der Waals surface area contributed by atoms with Crippen LogP contribution in [0.3, 0.4) is 0 Å². The summed E-state index contributed by atoms with van der Waals surface area (Å²) >= 11 is 0. The van der Waals surface area contributed by atoms with Crippen LogP contribution in [0.2, 0.25) is 0 Å². The second kappa shape index (κ2) is 5.01. The van der Waals surface area contributed by atoms with Crippen LogP contribution in [0.25, 0.3) is 0 Å². The molecule has 0 aromatic heterocycles. The molecule has 0 aromatic carbocycles. The zero-order valence-corrected chi connectivity index (χ0v) is 7.46. The van der Waals surface area contributed by atoms with Gasteiger partial charge in [0.15, 0.2) is 0 Å². The maximum atomic E-state index is 11.9. The lowest BCUT2D eigenvalue weighted by Gasteiger charge is -2.10. The number of allylic oxidation sites excluding steroid dienone is 1. The lowest BCUT2D eigenvalue weighted by molar-refractivity contribution is -0.0590. The zero-order chi connectivity index (χ0) is 10.5. The van der Waals surface area contributed by atoms with Gasteiger partial charge in [-0.1, -0.05) is 6.58 Å². The van der Waals surface area contributed by atoms with Gasteiger partial charge in [0.1, 0.15) is 5.71 Å². The monoisotopic (exact) mass is 194 g/mol. The average Bonchev–Trinajstić information content (AvgIpc) is 2.01. The average molecular weight is 194 g/mol. The van der Waals surface area contributed by atoms with E-state index in [2.05, 4.69) is 11.9 Å². The van der Waals surface area contributed by atoms with E-state index in [1.807, 2.05) is 0 Å². The fourth-order valence-corrected chi connectivity index (χ4v) is 0.804. The number of halogens is 3. The molecule has 0 heterocycles. The Hall–Kier alpha value is -0.840. The van der Waals surface area contributed by atoms with E-state index >= 15 is 0 Å². The van der Waals surface area contributed by atoms with Gasteiger partial charge in [-0.05, 0) is 32.0 Å². The van der Waals surface area contributed by atoms with Crippen molar-refractivity contribution in [1.29, 1.82) is 5.41 Å². The molecule has 2 nitrogen and oxygen atoms in total. The molecular weight excluding hydrogens is 181 g/mol. The van der Waals surface area contributed by atoms with E-state index in [1.165, 1.54) is 0 Å². The van der Waals surface area contributed by atoms with E-state index in [-0.39, 0.29) is 12.0 Å². The number of alkyl halides is 3. The van der Waals surface area contributed by atoms with E-state index < -0.39 is 11.9 Å². The zero-order valence-electron chi connectivity index (χ0n) is 7.46. The van der Waals surface area contributed by atoms with Crippen LogP contribution < -0.4 is 5.32 Å². The van der Waals surface area contributed by atoms with Crippen molar-refractivity contribution in [2.24, 2.45) is 0 Å². The SMILES string of the molecule is C=C(CCCNC)C(=N)C(F)(F)F. The molecule has 0 atom stereocenters. The maximum Gasteiger partial charge on any atom is 0.432 e. The molecule has 0 aromatic rings. The fraction of sp³-hybridized carbons (Fsp3) is 0.625. The first-order valence-corrected chi connectivity index (χ1v) is 3.88. The third kappa shape index (κ3) is 4.67. The predicted octanol–water partition coefficient (Wildman–Crippen LogP) is 2.12. The van der Waals surface area contributed by atoms with Gasteiger partial charge in [0.05, 0.1) is 0 Å². The predicted molar refractivity (Wildman–Crippen MR) is 46.1 cm³/mol. The highest BCUT2D eigenvalue weighted by Gasteiger charge is 2.35. The molecule has 0 rings (SSSR count). The molecule has 0 amide bonds. The summed E-state index contributed by atoms with van der Waals surface area (Å²) in [7, 11) is 1.72. The van der Waals surface area contributed by atoms with Crippen molar-refractivity contribution < 1.29 is 13.2 Å². The van der Waals surface area contributed by atoms with Crippen molar-refractivity contribution in [2.45, 2.75) is 19.0 Å². The van der Waals surface area contributed by atoms with Crippen LogP contribution in [0.1, 0.15) is 12.8 Å². The van der Waals surface area contributed by atoms with E-state index in [0.717, 1.165) is 0 Å². The topological polar surface area (TPSA) is 35.9 Å². The number of nitrogens with one attached hydrogen (secondary N) is 2. The Morgan fingerprint density at radius 3 is 2.38 bits per heavy atom. The molecule has 0 saturated carbocycles. The highest BCUT2D eigenvalue weighted by molar-refractivity contribution is 6.01. The van der Waals surface area contributed by atoms with Gasteiger partial charge in [0, 0.05) is 0 Å². The quantitative estimate of drug-likeness (QED) is 0.510. The molecule has 0 aliphatic carbocycles.